The molecular formula is C25H33N5O5. The van der Waals surface area contributed by atoms with Crippen LogP contribution in [0.15, 0.2) is 42.1 Å². The van der Waals surface area contributed by atoms with Crippen LogP contribution in [0, 0.1) is 0 Å². The second-order valence-electron chi connectivity index (χ2n) is 9.42. The molecule has 0 saturated heterocycles. The summed E-state index contributed by atoms with van der Waals surface area (Å²) in [6, 6.07) is 5.28. The lowest BCUT2D eigenvalue weighted by Gasteiger charge is -2.32. The molecule has 0 radical (unpaired) electrons. The minimum Gasteiger partial charge on any atom is -0.390 e. The van der Waals surface area contributed by atoms with Crippen LogP contribution in [0.4, 0.5) is 4.79 Å². The Balaban J connectivity index is 1.42. The minimum absolute atomic E-state index is 0.0713. The highest BCUT2D eigenvalue weighted by atomic mass is 16.3. The third-order valence-corrected chi connectivity index (χ3v) is 6.85. The molecule has 2 aromatic rings. The molecule has 2 aliphatic rings. The molecule has 1 fully saturated rings. The Morgan fingerprint density at radius 1 is 1.09 bits per heavy atom. The molecule has 8 N–H and O–H groups in total. The molecule has 188 valence electrons. The molecule has 1 saturated carbocycles. The third-order valence-electron chi connectivity index (χ3n) is 6.85. The lowest BCUT2D eigenvalue weighted by Crippen LogP contribution is -2.55. The van der Waals surface area contributed by atoms with Crippen molar-refractivity contribution in [2.24, 2.45) is 5.73 Å². The van der Waals surface area contributed by atoms with E-state index in [4.69, 9.17) is 5.73 Å². The predicted octanol–water partition coefficient (Wildman–Crippen LogP) is 0.733. The number of nitrogens with two attached hydrogens (primary N) is 1. The number of hydrogen-bond donors (Lipinski definition) is 7. The zero-order valence-corrected chi connectivity index (χ0v) is 19.5. The van der Waals surface area contributed by atoms with E-state index in [0.717, 1.165) is 48.6 Å². The molecule has 4 amide bonds. The first-order chi connectivity index (χ1) is 16.8. The van der Waals surface area contributed by atoms with Crippen molar-refractivity contribution >= 4 is 28.7 Å². The van der Waals surface area contributed by atoms with Crippen LogP contribution < -0.4 is 21.7 Å². The van der Waals surface area contributed by atoms with E-state index in [1.807, 2.05) is 24.3 Å². The van der Waals surface area contributed by atoms with Crippen molar-refractivity contribution in [1.29, 1.82) is 0 Å². The van der Waals surface area contributed by atoms with Crippen LogP contribution in [0.3, 0.4) is 0 Å². The highest BCUT2D eigenvalue weighted by molar-refractivity contribution is 5.97. The minimum atomic E-state index is -1.26. The number of primary amides is 1. The quantitative estimate of drug-likeness (QED) is 0.307. The summed E-state index contributed by atoms with van der Waals surface area (Å²) in [6.07, 6.45) is 5.83. The maximum Gasteiger partial charge on any atom is 0.315 e. The first kappa shape index (κ1) is 24.7. The number of carbonyl (C=O) groups excluding carboxylic acids is 3. The summed E-state index contributed by atoms with van der Waals surface area (Å²) >= 11 is 0. The molecule has 0 spiro atoms. The summed E-state index contributed by atoms with van der Waals surface area (Å²) in [6.45, 7) is 0. The van der Waals surface area contributed by atoms with Crippen LogP contribution in [0.1, 0.15) is 44.1 Å². The van der Waals surface area contributed by atoms with Crippen molar-refractivity contribution in [2.45, 2.75) is 75.3 Å². The number of H-pyrrole nitrogens is 1. The van der Waals surface area contributed by atoms with Crippen LogP contribution in [-0.2, 0) is 16.0 Å². The lowest BCUT2D eigenvalue weighted by atomic mass is 9.89. The fraction of sp³-hybridized carbons (Fsp3) is 0.480. The van der Waals surface area contributed by atoms with Crippen LogP contribution in [0.25, 0.3) is 10.9 Å². The van der Waals surface area contributed by atoms with Gasteiger partial charge in [0.15, 0.2) is 0 Å². The fourth-order valence-corrected chi connectivity index (χ4v) is 4.88. The van der Waals surface area contributed by atoms with Crippen molar-refractivity contribution in [2.75, 3.05) is 0 Å². The highest BCUT2D eigenvalue weighted by Crippen LogP contribution is 2.22. The molecule has 10 heteroatoms. The Hall–Kier alpha value is -3.37. The topological polar surface area (TPSA) is 170 Å². The maximum atomic E-state index is 13.0. The van der Waals surface area contributed by atoms with Gasteiger partial charge < -0.3 is 36.9 Å². The van der Waals surface area contributed by atoms with Gasteiger partial charge in [0.25, 0.3) is 0 Å². The van der Waals surface area contributed by atoms with Crippen LogP contribution in [-0.4, -0.2) is 63.4 Å². The summed E-state index contributed by atoms with van der Waals surface area (Å²) in [4.78, 5) is 40.7. The van der Waals surface area contributed by atoms with Gasteiger partial charge in [-0.2, -0.15) is 0 Å². The molecule has 0 aliphatic heterocycles. The van der Waals surface area contributed by atoms with Gasteiger partial charge in [0.1, 0.15) is 12.1 Å². The molecule has 1 heterocycles. The number of hydrogen-bond acceptors (Lipinski definition) is 5. The van der Waals surface area contributed by atoms with E-state index < -0.39 is 42.1 Å². The van der Waals surface area contributed by atoms with Gasteiger partial charge >= 0.3 is 6.03 Å². The average molecular weight is 484 g/mol. The standard InChI is InChI=1S/C25H33N5O5/c26-23(33)20(11-15-13-27-18-9-5-4-8-17(15)18)29-24(34)14-10-19(22(32)21(31)12-14)30-25(35)28-16-6-2-1-3-7-16/h4-5,8-10,13,16,19-22,27,31-32H,1-3,6-7,11-12H2,(H2,26,33)(H,29,34)(H2,28,30,35). The first-order valence-corrected chi connectivity index (χ1v) is 12.1. The lowest BCUT2D eigenvalue weighted by molar-refractivity contribution is -0.125. The molecule has 2 aliphatic carbocycles. The number of aliphatic hydroxyl groups excluding tert-OH is 2. The molecule has 4 unspecified atom stereocenters. The van der Waals surface area contributed by atoms with Crippen molar-refractivity contribution in [3.63, 3.8) is 0 Å². The number of carbonyl (C=O) groups is 3. The SMILES string of the molecule is NC(=O)C(Cc1c[nH]c2ccccc12)NC(=O)C1=CC(NC(=O)NC2CCCCC2)C(O)C(O)C1. The summed E-state index contributed by atoms with van der Waals surface area (Å²) in [5.41, 5.74) is 7.47. The number of amides is 4. The summed E-state index contributed by atoms with van der Waals surface area (Å²) in [5.74, 6) is -1.28. The Bertz CT molecular complexity index is 1110. The van der Waals surface area contributed by atoms with E-state index >= 15 is 0 Å². The first-order valence-electron chi connectivity index (χ1n) is 12.1. The van der Waals surface area contributed by atoms with Gasteiger partial charge in [-0.15, -0.1) is 0 Å². The van der Waals surface area contributed by atoms with Crippen LogP contribution >= 0.6 is 0 Å². The number of aromatic nitrogens is 1. The number of para-hydroxylation sites is 1. The molecule has 1 aromatic heterocycles. The molecule has 1 aromatic carbocycles. The van der Waals surface area contributed by atoms with Gasteiger partial charge in [0.2, 0.25) is 11.8 Å². The monoisotopic (exact) mass is 483 g/mol. The van der Waals surface area contributed by atoms with Gasteiger partial charge in [-0.25, -0.2) is 4.79 Å². The number of nitrogens with one attached hydrogen (secondary N) is 4. The average Bonchev–Trinajstić information content (AvgIpc) is 3.24. The smallest absolute Gasteiger partial charge is 0.315 e. The number of benzene rings is 1. The number of aromatic amines is 1. The van der Waals surface area contributed by atoms with E-state index in [-0.39, 0.29) is 24.5 Å². The normalized spacial score (nSPS) is 23.8. The third kappa shape index (κ3) is 6.01. The Morgan fingerprint density at radius 3 is 2.57 bits per heavy atom. The number of urea groups is 1. The number of rotatable bonds is 7. The predicted molar refractivity (Wildman–Crippen MR) is 130 cm³/mol. The van der Waals surface area contributed by atoms with Gasteiger partial charge in [0, 0.05) is 41.6 Å². The van der Waals surface area contributed by atoms with Crippen molar-refractivity contribution in [1.82, 2.24) is 20.9 Å². The van der Waals surface area contributed by atoms with Gasteiger partial charge in [-0.1, -0.05) is 43.5 Å². The van der Waals surface area contributed by atoms with Gasteiger partial charge in [-0.05, 0) is 24.5 Å². The zero-order chi connectivity index (χ0) is 24.9. The molecule has 4 atom stereocenters. The Morgan fingerprint density at radius 2 is 1.83 bits per heavy atom. The van der Waals surface area contributed by atoms with Crippen molar-refractivity contribution in [3.8, 4) is 0 Å². The van der Waals surface area contributed by atoms with Gasteiger partial charge in [0.05, 0.1) is 12.1 Å². The summed E-state index contributed by atoms with van der Waals surface area (Å²) in [5, 5.41) is 29.8. The largest absolute Gasteiger partial charge is 0.390 e. The molecular weight excluding hydrogens is 450 g/mol. The molecule has 10 nitrogen and oxygen atoms in total. The van der Waals surface area contributed by atoms with E-state index in [2.05, 4.69) is 20.9 Å². The number of aliphatic hydroxyl groups is 2. The zero-order valence-electron chi connectivity index (χ0n) is 19.5. The van der Waals surface area contributed by atoms with Crippen molar-refractivity contribution < 1.29 is 24.6 Å². The summed E-state index contributed by atoms with van der Waals surface area (Å²) < 4.78 is 0. The van der Waals surface area contributed by atoms with E-state index in [9.17, 15) is 24.6 Å². The Kier molecular flexibility index (Phi) is 7.72. The van der Waals surface area contributed by atoms with E-state index in [0.29, 0.717) is 0 Å². The van der Waals surface area contributed by atoms with Gasteiger partial charge in [-0.3, -0.25) is 9.59 Å². The van der Waals surface area contributed by atoms with E-state index in [1.165, 1.54) is 6.08 Å². The fourth-order valence-electron chi connectivity index (χ4n) is 4.88. The van der Waals surface area contributed by atoms with Crippen LogP contribution in [0.2, 0.25) is 0 Å². The molecule has 35 heavy (non-hydrogen) atoms. The highest BCUT2D eigenvalue weighted by Gasteiger charge is 2.35. The van der Waals surface area contributed by atoms with Crippen molar-refractivity contribution in [3.05, 3.63) is 47.7 Å². The van der Waals surface area contributed by atoms with E-state index in [1.54, 1.807) is 6.20 Å². The second kappa shape index (κ2) is 10.9. The summed E-state index contributed by atoms with van der Waals surface area (Å²) in [7, 11) is 0. The second-order valence-corrected chi connectivity index (χ2v) is 9.42. The molecule has 4 rings (SSSR count). The maximum absolute atomic E-state index is 13.0. The molecule has 0 bridgehead atoms. The van der Waals surface area contributed by atoms with Crippen LogP contribution in [0.5, 0.6) is 0 Å². The Labute approximate surface area is 203 Å². The number of fused-ring (bicyclic) bond motifs is 1.